The van der Waals surface area contributed by atoms with Crippen molar-refractivity contribution < 1.29 is 17.6 Å². The summed E-state index contributed by atoms with van der Waals surface area (Å²) in [6, 6.07) is 13.9. The Hall–Kier alpha value is -3.39. The van der Waals surface area contributed by atoms with E-state index in [4.69, 9.17) is 0 Å². The quantitative estimate of drug-likeness (QED) is 0.525. The number of nitriles is 1. The summed E-state index contributed by atoms with van der Waals surface area (Å²) in [6.07, 6.45) is 1.49. The van der Waals surface area contributed by atoms with Crippen LogP contribution in [0.4, 0.5) is 4.39 Å². The first-order valence-electron chi connectivity index (χ1n) is 11.5. The van der Waals surface area contributed by atoms with Crippen LogP contribution in [0, 0.1) is 17.1 Å². The number of aromatic nitrogens is 1. The van der Waals surface area contributed by atoms with Crippen LogP contribution < -0.4 is 0 Å². The number of hydrogen-bond acceptors (Lipinski definition) is 5. The standard InChI is InChI=1S/C26H28FN5O3S/c1-26(2,17-28)19-7-5-18(6-8-19)24-21-15-20(27)9-10-23(21)29-16-22(24)25(33)31-11-13-32(14-12-31)36(34,35)30(3)4/h5-10,15-16H,11-14H2,1-4H3. The number of amides is 1. The van der Waals surface area contributed by atoms with E-state index in [-0.39, 0.29) is 32.1 Å². The van der Waals surface area contributed by atoms with E-state index in [1.54, 1.807) is 11.0 Å². The molecule has 0 atom stereocenters. The summed E-state index contributed by atoms with van der Waals surface area (Å²) in [5.41, 5.74) is 2.24. The van der Waals surface area contributed by atoms with Gasteiger partial charge < -0.3 is 4.90 Å². The molecule has 1 fully saturated rings. The molecule has 8 nitrogen and oxygen atoms in total. The lowest BCUT2D eigenvalue weighted by Crippen LogP contribution is -2.53. The molecule has 2 aromatic carbocycles. The Kier molecular flexibility index (Phi) is 6.84. The van der Waals surface area contributed by atoms with Crippen molar-refractivity contribution in [1.82, 2.24) is 18.5 Å². The monoisotopic (exact) mass is 509 g/mol. The molecular weight excluding hydrogens is 481 g/mol. The van der Waals surface area contributed by atoms with Gasteiger partial charge in [-0.25, -0.2) is 4.39 Å². The minimum Gasteiger partial charge on any atom is -0.336 e. The number of fused-ring (bicyclic) bond motifs is 1. The fourth-order valence-corrected chi connectivity index (χ4v) is 5.37. The highest BCUT2D eigenvalue weighted by Crippen LogP contribution is 2.34. The Morgan fingerprint density at radius 1 is 1.08 bits per heavy atom. The van der Waals surface area contributed by atoms with Crippen molar-refractivity contribution in [1.29, 1.82) is 5.26 Å². The van der Waals surface area contributed by atoms with Crippen LogP contribution >= 0.6 is 0 Å². The van der Waals surface area contributed by atoms with E-state index in [2.05, 4.69) is 11.1 Å². The lowest BCUT2D eigenvalue weighted by Gasteiger charge is -2.35. The first-order valence-corrected chi connectivity index (χ1v) is 12.9. The van der Waals surface area contributed by atoms with Crippen LogP contribution in [0.25, 0.3) is 22.0 Å². The van der Waals surface area contributed by atoms with Gasteiger partial charge in [0.05, 0.1) is 22.6 Å². The molecule has 0 aliphatic carbocycles. The van der Waals surface area contributed by atoms with Crippen LogP contribution in [0.1, 0.15) is 29.8 Å². The summed E-state index contributed by atoms with van der Waals surface area (Å²) in [4.78, 5) is 19.7. The number of pyridine rings is 1. The molecule has 0 spiro atoms. The van der Waals surface area contributed by atoms with E-state index in [9.17, 15) is 22.9 Å². The molecule has 36 heavy (non-hydrogen) atoms. The molecule has 10 heteroatoms. The first kappa shape index (κ1) is 25.7. The molecule has 3 aromatic rings. The van der Waals surface area contributed by atoms with E-state index in [0.717, 1.165) is 9.87 Å². The molecule has 2 heterocycles. The molecular formula is C26H28FN5O3S. The van der Waals surface area contributed by atoms with E-state index in [0.29, 0.717) is 27.6 Å². The number of piperazine rings is 1. The van der Waals surface area contributed by atoms with Gasteiger partial charge in [-0.15, -0.1) is 0 Å². The molecule has 0 radical (unpaired) electrons. The SMILES string of the molecule is CN(C)S(=O)(=O)N1CCN(C(=O)c2cnc3ccc(F)cc3c2-c2ccc(C(C)(C)C#N)cc2)CC1. The number of benzene rings is 2. The number of nitrogens with zero attached hydrogens (tertiary/aromatic N) is 5. The van der Waals surface area contributed by atoms with Gasteiger partial charge in [-0.1, -0.05) is 24.3 Å². The second-order valence-electron chi connectivity index (χ2n) is 9.50. The average Bonchev–Trinajstić information content (AvgIpc) is 2.87. The van der Waals surface area contributed by atoms with Gasteiger partial charge in [-0.3, -0.25) is 9.78 Å². The van der Waals surface area contributed by atoms with Gasteiger partial charge in [0.15, 0.2) is 0 Å². The molecule has 0 saturated carbocycles. The Morgan fingerprint density at radius 3 is 2.31 bits per heavy atom. The fraction of sp³-hybridized carbons (Fsp3) is 0.346. The highest BCUT2D eigenvalue weighted by molar-refractivity contribution is 7.86. The van der Waals surface area contributed by atoms with E-state index in [1.165, 1.54) is 36.7 Å². The second kappa shape index (κ2) is 9.58. The van der Waals surface area contributed by atoms with E-state index in [1.807, 2.05) is 38.1 Å². The van der Waals surface area contributed by atoms with Gasteiger partial charge in [0.2, 0.25) is 0 Å². The predicted molar refractivity (Wildman–Crippen MR) is 136 cm³/mol. The Balaban J connectivity index is 1.74. The van der Waals surface area contributed by atoms with Gasteiger partial charge in [0.25, 0.3) is 16.1 Å². The molecule has 1 amide bonds. The fourth-order valence-electron chi connectivity index (χ4n) is 4.28. The first-order chi connectivity index (χ1) is 17.0. The summed E-state index contributed by atoms with van der Waals surface area (Å²) in [5, 5.41) is 9.97. The number of hydrogen-bond donors (Lipinski definition) is 0. The zero-order valence-corrected chi connectivity index (χ0v) is 21.5. The lowest BCUT2D eigenvalue weighted by molar-refractivity contribution is 0.0695. The van der Waals surface area contributed by atoms with Crippen LogP contribution in [0.15, 0.2) is 48.7 Å². The average molecular weight is 510 g/mol. The van der Waals surface area contributed by atoms with Crippen molar-refractivity contribution >= 4 is 27.0 Å². The van der Waals surface area contributed by atoms with E-state index < -0.39 is 21.4 Å². The number of carbonyl (C=O) groups excluding carboxylic acids is 1. The van der Waals surface area contributed by atoms with Gasteiger partial charge >= 0.3 is 0 Å². The molecule has 0 N–H and O–H groups in total. The van der Waals surface area contributed by atoms with Gasteiger partial charge in [0.1, 0.15) is 5.82 Å². The molecule has 188 valence electrons. The van der Waals surface area contributed by atoms with Crippen LogP contribution in [-0.2, 0) is 15.6 Å². The summed E-state index contributed by atoms with van der Waals surface area (Å²) in [5.74, 6) is -0.744. The second-order valence-corrected chi connectivity index (χ2v) is 11.6. The van der Waals surface area contributed by atoms with E-state index >= 15 is 0 Å². The van der Waals surface area contributed by atoms with Gasteiger partial charge in [-0.2, -0.15) is 22.3 Å². The topological polar surface area (TPSA) is 97.6 Å². The van der Waals surface area contributed by atoms with Crippen LogP contribution in [0.5, 0.6) is 0 Å². The third kappa shape index (κ3) is 4.69. The minimum atomic E-state index is -3.57. The molecule has 1 aliphatic heterocycles. The van der Waals surface area contributed by atoms with Crippen LogP contribution in [-0.4, -0.2) is 73.1 Å². The normalized spacial score (nSPS) is 15.3. The Morgan fingerprint density at radius 2 is 1.72 bits per heavy atom. The smallest absolute Gasteiger partial charge is 0.281 e. The molecule has 0 unspecified atom stereocenters. The van der Waals surface area contributed by atoms with Crippen molar-refractivity contribution in [3.8, 4) is 17.2 Å². The molecule has 1 aliphatic rings. The maximum absolute atomic E-state index is 14.3. The Bertz CT molecular complexity index is 1460. The number of carbonyl (C=O) groups is 1. The molecule has 4 rings (SSSR count). The third-order valence-electron chi connectivity index (χ3n) is 6.55. The third-order valence-corrected chi connectivity index (χ3v) is 8.49. The lowest BCUT2D eigenvalue weighted by atomic mass is 9.85. The predicted octanol–water partition coefficient (Wildman–Crippen LogP) is 3.41. The summed E-state index contributed by atoms with van der Waals surface area (Å²) in [6.45, 7) is 4.45. The summed E-state index contributed by atoms with van der Waals surface area (Å²) >= 11 is 0. The highest BCUT2D eigenvalue weighted by atomic mass is 32.2. The summed E-state index contributed by atoms with van der Waals surface area (Å²) in [7, 11) is -0.617. The van der Waals surface area contributed by atoms with Gasteiger partial charge in [0, 0.05) is 57.4 Å². The highest BCUT2D eigenvalue weighted by Gasteiger charge is 2.32. The van der Waals surface area contributed by atoms with Crippen molar-refractivity contribution in [3.63, 3.8) is 0 Å². The molecule has 1 aromatic heterocycles. The Labute approximate surface area is 210 Å². The summed E-state index contributed by atoms with van der Waals surface area (Å²) < 4.78 is 41.7. The van der Waals surface area contributed by atoms with Crippen molar-refractivity contribution in [2.75, 3.05) is 40.3 Å². The minimum absolute atomic E-state index is 0.176. The van der Waals surface area contributed by atoms with Crippen molar-refractivity contribution in [2.45, 2.75) is 19.3 Å². The number of rotatable bonds is 5. The maximum atomic E-state index is 14.3. The number of halogens is 1. The zero-order valence-electron chi connectivity index (χ0n) is 20.7. The molecule has 0 bridgehead atoms. The maximum Gasteiger partial charge on any atom is 0.281 e. The van der Waals surface area contributed by atoms with Crippen LogP contribution in [0.3, 0.4) is 0 Å². The van der Waals surface area contributed by atoms with Gasteiger partial charge in [-0.05, 0) is 43.2 Å². The molecule has 1 saturated heterocycles. The van der Waals surface area contributed by atoms with Crippen LogP contribution in [0.2, 0.25) is 0 Å². The van der Waals surface area contributed by atoms with Crippen molar-refractivity contribution in [3.05, 3.63) is 65.6 Å². The van der Waals surface area contributed by atoms with Crippen molar-refractivity contribution in [2.24, 2.45) is 0 Å². The zero-order chi connectivity index (χ0) is 26.3. The largest absolute Gasteiger partial charge is 0.336 e.